The Kier molecular flexibility index (Phi) is 5.82. The van der Waals surface area contributed by atoms with Crippen LogP contribution in [0.25, 0.3) is 6.08 Å². The fourth-order valence-electron chi connectivity index (χ4n) is 3.05. The van der Waals surface area contributed by atoms with Crippen LogP contribution in [0.4, 0.5) is 9.18 Å². The van der Waals surface area contributed by atoms with Crippen molar-refractivity contribution < 1.29 is 18.7 Å². The number of aromatic nitrogens is 1. The highest BCUT2D eigenvalue weighted by Gasteiger charge is 2.35. The van der Waals surface area contributed by atoms with Gasteiger partial charge in [0.15, 0.2) is 0 Å². The van der Waals surface area contributed by atoms with Crippen molar-refractivity contribution >= 4 is 29.0 Å². The van der Waals surface area contributed by atoms with E-state index in [-0.39, 0.29) is 23.5 Å². The zero-order chi connectivity index (χ0) is 19.6. The van der Waals surface area contributed by atoms with Crippen LogP contribution in [-0.4, -0.2) is 34.3 Å². The molecule has 3 rings (SSSR count). The van der Waals surface area contributed by atoms with E-state index in [1.807, 2.05) is 19.9 Å². The van der Waals surface area contributed by atoms with Crippen LogP contribution in [0.1, 0.15) is 22.5 Å². The number of carbonyl (C=O) groups excluding carboxylic acids is 2. The molecule has 1 saturated heterocycles. The molecule has 1 fully saturated rings. The SMILES string of the molecule is COCCn1c(C)cc(/C=C2\SC(=O)N(Cc3ccc(F)cc3)C2=O)c1C. The van der Waals surface area contributed by atoms with Crippen molar-refractivity contribution in [2.75, 3.05) is 13.7 Å². The molecule has 2 aromatic rings. The molecular weight excluding hydrogens is 367 g/mol. The summed E-state index contributed by atoms with van der Waals surface area (Å²) < 4.78 is 20.3. The van der Waals surface area contributed by atoms with Crippen LogP contribution in [0.2, 0.25) is 0 Å². The molecule has 2 amide bonds. The fraction of sp³-hybridized carbons (Fsp3) is 0.300. The van der Waals surface area contributed by atoms with E-state index in [9.17, 15) is 14.0 Å². The Balaban J connectivity index is 1.81. The fourth-order valence-corrected chi connectivity index (χ4v) is 3.88. The molecule has 142 valence electrons. The van der Waals surface area contributed by atoms with Gasteiger partial charge in [-0.25, -0.2) is 4.39 Å². The van der Waals surface area contributed by atoms with E-state index in [1.165, 1.54) is 17.0 Å². The third-order valence-electron chi connectivity index (χ3n) is 4.55. The number of amides is 2. The highest BCUT2D eigenvalue weighted by molar-refractivity contribution is 8.18. The number of carbonyl (C=O) groups is 2. The maximum Gasteiger partial charge on any atom is 0.293 e. The molecule has 0 atom stereocenters. The van der Waals surface area contributed by atoms with E-state index < -0.39 is 0 Å². The highest BCUT2D eigenvalue weighted by atomic mass is 32.2. The van der Waals surface area contributed by atoms with Gasteiger partial charge in [0.05, 0.1) is 18.1 Å². The van der Waals surface area contributed by atoms with Gasteiger partial charge >= 0.3 is 0 Å². The van der Waals surface area contributed by atoms with Gasteiger partial charge in [0.25, 0.3) is 11.1 Å². The number of hydrogen-bond donors (Lipinski definition) is 0. The van der Waals surface area contributed by atoms with Crippen LogP contribution in [0.3, 0.4) is 0 Å². The van der Waals surface area contributed by atoms with Gasteiger partial charge in [-0.05, 0) is 61.0 Å². The Labute approximate surface area is 161 Å². The summed E-state index contributed by atoms with van der Waals surface area (Å²) in [6.07, 6.45) is 1.77. The lowest BCUT2D eigenvalue weighted by atomic mass is 10.2. The topological polar surface area (TPSA) is 51.5 Å². The molecule has 0 saturated carbocycles. The molecule has 5 nitrogen and oxygen atoms in total. The van der Waals surface area contributed by atoms with Crippen LogP contribution in [0.5, 0.6) is 0 Å². The lowest BCUT2D eigenvalue weighted by molar-refractivity contribution is -0.123. The van der Waals surface area contributed by atoms with Crippen LogP contribution < -0.4 is 0 Å². The predicted octanol–water partition coefficient (Wildman–Crippen LogP) is 4.13. The first-order valence-electron chi connectivity index (χ1n) is 8.56. The van der Waals surface area contributed by atoms with Gasteiger partial charge in [-0.1, -0.05) is 12.1 Å². The third kappa shape index (κ3) is 4.14. The Morgan fingerprint density at radius 3 is 2.56 bits per heavy atom. The second-order valence-electron chi connectivity index (χ2n) is 6.37. The molecular formula is C20H21FN2O3S. The number of ether oxygens (including phenoxy) is 1. The van der Waals surface area contributed by atoms with E-state index in [2.05, 4.69) is 4.57 Å². The zero-order valence-electron chi connectivity index (χ0n) is 15.5. The van der Waals surface area contributed by atoms with Crippen molar-refractivity contribution in [1.29, 1.82) is 0 Å². The average Bonchev–Trinajstić information content (AvgIpc) is 3.05. The molecule has 0 aliphatic carbocycles. The number of benzene rings is 1. The summed E-state index contributed by atoms with van der Waals surface area (Å²) in [6, 6.07) is 7.79. The standard InChI is InChI=1S/C20H21FN2O3S/c1-13-10-16(14(2)22(13)8-9-26-3)11-18-19(24)23(20(25)27-18)12-15-4-6-17(21)7-5-15/h4-7,10-11H,8-9,12H2,1-3H3/b18-11-. The second-order valence-corrected chi connectivity index (χ2v) is 7.36. The monoisotopic (exact) mass is 388 g/mol. The number of thioether (sulfide) groups is 1. The van der Waals surface area contributed by atoms with Gasteiger partial charge in [-0.3, -0.25) is 14.5 Å². The van der Waals surface area contributed by atoms with E-state index in [0.717, 1.165) is 35.3 Å². The summed E-state index contributed by atoms with van der Waals surface area (Å²) in [5.74, 6) is -0.673. The molecule has 1 aliphatic rings. The summed E-state index contributed by atoms with van der Waals surface area (Å²) in [4.78, 5) is 26.6. The van der Waals surface area contributed by atoms with Crippen molar-refractivity contribution in [2.24, 2.45) is 0 Å². The molecule has 1 aromatic carbocycles. The number of rotatable bonds is 6. The molecule has 2 heterocycles. The summed E-state index contributed by atoms with van der Waals surface area (Å²) >= 11 is 0.931. The van der Waals surface area contributed by atoms with Crippen molar-refractivity contribution in [3.05, 3.63) is 63.6 Å². The Bertz CT molecular complexity index is 903. The van der Waals surface area contributed by atoms with E-state index in [0.29, 0.717) is 17.1 Å². The van der Waals surface area contributed by atoms with E-state index >= 15 is 0 Å². The Hall–Kier alpha value is -2.38. The largest absolute Gasteiger partial charge is 0.383 e. The molecule has 0 N–H and O–H groups in total. The highest BCUT2D eigenvalue weighted by Crippen LogP contribution is 2.34. The Morgan fingerprint density at radius 1 is 1.19 bits per heavy atom. The van der Waals surface area contributed by atoms with Crippen molar-refractivity contribution in [1.82, 2.24) is 9.47 Å². The molecule has 1 aliphatic heterocycles. The molecule has 1 aromatic heterocycles. The molecule has 0 radical (unpaired) electrons. The maximum atomic E-state index is 13.0. The van der Waals surface area contributed by atoms with Crippen molar-refractivity contribution in [3.63, 3.8) is 0 Å². The quantitative estimate of drug-likeness (QED) is 0.699. The van der Waals surface area contributed by atoms with Gasteiger partial charge in [0.1, 0.15) is 5.82 Å². The molecule has 27 heavy (non-hydrogen) atoms. The number of halogens is 1. The van der Waals surface area contributed by atoms with Crippen LogP contribution in [-0.2, 0) is 22.6 Å². The molecule has 0 spiro atoms. The zero-order valence-corrected chi connectivity index (χ0v) is 16.3. The van der Waals surface area contributed by atoms with Crippen molar-refractivity contribution in [3.8, 4) is 0 Å². The lowest BCUT2D eigenvalue weighted by Crippen LogP contribution is -2.27. The maximum absolute atomic E-state index is 13.0. The summed E-state index contributed by atoms with van der Waals surface area (Å²) in [5.41, 5.74) is 3.71. The van der Waals surface area contributed by atoms with Crippen LogP contribution >= 0.6 is 11.8 Å². The Morgan fingerprint density at radius 2 is 1.89 bits per heavy atom. The number of imide groups is 1. The number of aryl methyl sites for hydroxylation is 1. The van der Waals surface area contributed by atoms with Gasteiger partial charge in [0, 0.05) is 25.0 Å². The third-order valence-corrected chi connectivity index (χ3v) is 5.45. The first-order valence-corrected chi connectivity index (χ1v) is 9.38. The first-order chi connectivity index (χ1) is 12.9. The van der Waals surface area contributed by atoms with Gasteiger partial charge in [-0.15, -0.1) is 0 Å². The minimum atomic E-state index is -0.350. The number of methoxy groups -OCH3 is 1. The van der Waals surface area contributed by atoms with E-state index in [4.69, 9.17) is 4.74 Å². The average molecular weight is 388 g/mol. The number of hydrogen-bond acceptors (Lipinski definition) is 4. The number of nitrogens with zero attached hydrogens (tertiary/aromatic N) is 2. The predicted molar refractivity (Wildman–Crippen MR) is 104 cm³/mol. The van der Waals surface area contributed by atoms with Gasteiger partial charge < -0.3 is 9.30 Å². The molecule has 7 heteroatoms. The summed E-state index contributed by atoms with van der Waals surface area (Å²) in [5, 5.41) is -0.316. The smallest absolute Gasteiger partial charge is 0.293 e. The minimum absolute atomic E-state index is 0.134. The summed E-state index contributed by atoms with van der Waals surface area (Å²) in [7, 11) is 1.66. The van der Waals surface area contributed by atoms with Crippen LogP contribution in [0, 0.1) is 19.7 Å². The molecule has 0 unspecified atom stereocenters. The second kappa shape index (κ2) is 8.10. The lowest BCUT2D eigenvalue weighted by Gasteiger charge is -2.12. The minimum Gasteiger partial charge on any atom is -0.383 e. The van der Waals surface area contributed by atoms with E-state index in [1.54, 1.807) is 25.3 Å². The van der Waals surface area contributed by atoms with Crippen LogP contribution in [0.15, 0.2) is 35.2 Å². The molecule has 0 bridgehead atoms. The van der Waals surface area contributed by atoms with Gasteiger partial charge in [0.2, 0.25) is 0 Å². The first kappa shape index (κ1) is 19.4. The van der Waals surface area contributed by atoms with Crippen molar-refractivity contribution in [2.45, 2.75) is 26.9 Å². The van der Waals surface area contributed by atoms with Gasteiger partial charge in [-0.2, -0.15) is 0 Å². The normalized spacial score (nSPS) is 16.0. The summed E-state index contributed by atoms with van der Waals surface area (Å²) in [6.45, 7) is 5.45.